The summed E-state index contributed by atoms with van der Waals surface area (Å²) in [5.74, 6) is -5.07. The fourth-order valence-electron chi connectivity index (χ4n) is 7.02. The maximum absolute atomic E-state index is 11.8. The number of aromatic nitrogens is 8. The van der Waals surface area contributed by atoms with E-state index in [1.54, 1.807) is 0 Å². The van der Waals surface area contributed by atoms with Crippen molar-refractivity contribution in [2.75, 3.05) is 0 Å². The van der Waals surface area contributed by atoms with E-state index in [-0.39, 0.29) is 56.4 Å². The molecule has 8 aromatic heterocycles. The Morgan fingerprint density at radius 1 is 0.309 bits per heavy atom. The van der Waals surface area contributed by atoms with Crippen LogP contribution in [0, 0.1) is 0 Å². The predicted octanol–water partition coefficient (Wildman–Crippen LogP) is 9.58. The Balaban J connectivity index is 0.000000203. The maximum atomic E-state index is 11.8. The summed E-state index contributed by atoms with van der Waals surface area (Å²) in [7, 11) is 0. The first kappa shape index (κ1) is 47.1. The molecule has 0 spiro atoms. The van der Waals surface area contributed by atoms with Gasteiger partial charge in [-0.15, -0.1) is 0 Å². The summed E-state index contributed by atoms with van der Waals surface area (Å²) in [5, 5.41) is 37.7. The molecule has 8 heterocycles. The summed E-state index contributed by atoms with van der Waals surface area (Å²) in [4.78, 5) is 82.3. The minimum atomic E-state index is -1.32. The number of hydrogen-bond donors (Lipinski definition) is 4. The molecule has 0 aliphatic carbocycles. The fourth-order valence-corrected chi connectivity index (χ4v) is 7.02. The minimum Gasteiger partial charge on any atom is -0.478 e. The summed E-state index contributed by atoms with van der Waals surface area (Å²) >= 11 is 0. The molecular weight excluding hydrogens is 865 g/mol. The predicted molar refractivity (Wildman–Crippen MR) is 253 cm³/mol. The minimum absolute atomic E-state index is 0.0167. The van der Waals surface area contributed by atoms with Crippen LogP contribution in [0.2, 0.25) is 0 Å². The quantitative estimate of drug-likeness (QED) is 0.0792. The van der Waals surface area contributed by atoms with Crippen LogP contribution in [-0.4, -0.2) is 84.2 Å². The molecule has 0 bridgehead atoms. The number of rotatable bonds is 14. The third-order valence-corrected chi connectivity index (χ3v) is 10.8. The monoisotopic (exact) mass is 908 g/mol. The second kappa shape index (κ2) is 20.9. The molecule has 0 aliphatic heterocycles. The highest BCUT2D eigenvalue weighted by Crippen LogP contribution is 2.30. The zero-order chi connectivity index (χ0) is 48.5. The van der Waals surface area contributed by atoms with Gasteiger partial charge in [0.1, 0.15) is 0 Å². The van der Waals surface area contributed by atoms with Crippen LogP contribution in [0.4, 0.5) is 0 Å². The molecule has 8 rings (SSSR count). The van der Waals surface area contributed by atoms with E-state index in [0.717, 1.165) is 59.8 Å². The number of aryl methyl sites for hydroxylation is 4. The lowest BCUT2D eigenvalue weighted by molar-refractivity contribution is 0.0685. The molecule has 340 valence electrons. The van der Waals surface area contributed by atoms with E-state index in [1.807, 2.05) is 12.4 Å². The van der Waals surface area contributed by atoms with Gasteiger partial charge in [0, 0.05) is 24.8 Å². The van der Waals surface area contributed by atoms with Crippen LogP contribution in [0.25, 0.3) is 68.3 Å². The Hall–Kier alpha value is -8.92. The molecule has 0 saturated heterocycles. The van der Waals surface area contributed by atoms with Crippen molar-refractivity contribution in [1.29, 1.82) is 0 Å². The smallest absolute Gasteiger partial charge is 0.335 e. The van der Waals surface area contributed by atoms with Crippen molar-refractivity contribution in [1.82, 2.24) is 39.9 Å². The van der Waals surface area contributed by atoms with Gasteiger partial charge in [-0.1, -0.05) is 27.7 Å². The second-order valence-corrected chi connectivity index (χ2v) is 15.3. The van der Waals surface area contributed by atoms with Gasteiger partial charge in [0.2, 0.25) is 0 Å². The van der Waals surface area contributed by atoms with Crippen molar-refractivity contribution in [3.8, 4) is 68.3 Å². The summed E-state index contributed by atoms with van der Waals surface area (Å²) in [6, 6.07) is 26.6. The molecule has 0 radical (unpaired) electrons. The molecular formula is C52H44N8O8. The Morgan fingerprint density at radius 3 is 0.824 bits per heavy atom. The van der Waals surface area contributed by atoms with E-state index in [4.69, 9.17) is 9.97 Å². The summed E-state index contributed by atoms with van der Waals surface area (Å²) in [6.45, 7) is 8.65. The van der Waals surface area contributed by atoms with Crippen LogP contribution in [0.1, 0.15) is 91.4 Å². The molecule has 0 amide bonds. The van der Waals surface area contributed by atoms with E-state index >= 15 is 0 Å². The van der Waals surface area contributed by atoms with Crippen molar-refractivity contribution >= 4 is 23.9 Å². The van der Waals surface area contributed by atoms with E-state index < -0.39 is 23.9 Å². The van der Waals surface area contributed by atoms with Gasteiger partial charge in [0.25, 0.3) is 0 Å². The molecule has 0 aliphatic rings. The molecule has 0 atom stereocenters. The lowest BCUT2D eigenvalue weighted by Gasteiger charge is -2.11. The van der Waals surface area contributed by atoms with Gasteiger partial charge < -0.3 is 20.4 Å². The first-order valence-electron chi connectivity index (χ1n) is 21.6. The normalized spacial score (nSPS) is 10.8. The third-order valence-electron chi connectivity index (χ3n) is 10.8. The number of carbonyl (C=O) groups is 4. The van der Waals surface area contributed by atoms with Crippen molar-refractivity contribution in [2.24, 2.45) is 0 Å². The van der Waals surface area contributed by atoms with E-state index in [9.17, 15) is 39.6 Å². The highest BCUT2D eigenvalue weighted by Gasteiger charge is 2.19. The van der Waals surface area contributed by atoms with Crippen LogP contribution >= 0.6 is 0 Å². The van der Waals surface area contributed by atoms with Crippen LogP contribution < -0.4 is 0 Å². The van der Waals surface area contributed by atoms with E-state index in [0.29, 0.717) is 0 Å². The average molecular weight is 909 g/mol. The van der Waals surface area contributed by atoms with Crippen LogP contribution in [-0.2, 0) is 25.7 Å². The van der Waals surface area contributed by atoms with Crippen molar-refractivity contribution in [3.63, 3.8) is 0 Å². The third kappa shape index (κ3) is 11.1. The van der Waals surface area contributed by atoms with Gasteiger partial charge in [-0.3, -0.25) is 19.9 Å². The largest absolute Gasteiger partial charge is 0.478 e. The van der Waals surface area contributed by atoms with Crippen LogP contribution in [0.5, 0.6) is 0 Å². The highest BCUT2D eigenvalue weighted by atomic mass is 16.4. The standard InChI is InChI=1S/C28H30N4.C24H14N4O8/c1-5-19-9-11-29-23(13-19)25-15-21(7-3)17-27(31-25)28-18-22(8-4)16-26(32-28)24-14-20(6-2)10-12-30-24;29-21(30)11-1-3-25-15(5-11)17-7-13(23(33)34)9-19(27-17)20-10-14(24(35)36)8-18(28-20)16-6-12(22(31)32)2-4-26-16/h9-18H,5-8H2,1-4H3;1-10H,(H,29,30)(H,31,32)(H,33,34)(H,35,36). The number of carboxylic acid groups (broad SMARTS) is 4. The number of nitrogens with zero attached hydrogens (tertiary/aromatic N) is 8. The summed E-state index contributed by atoms with van der Waals surface area (Å²) < 4.78 is 0. The van der Waals surface area contributed by atoms with Gasteiger partial charge in [-0.2, -0.15) is 0 Å². The molecule has 68 heavy (non-hydrogen) atoms. The van der Waals surface area contributed by atoms with Crippen molar-refractivity contribution in [3.05, 3.63) is 166 Å². The van der Waals surface area contributed by atoms with E-state index in [2.05, 4.69) is 106 Å². The Labute approximate surface area is 390 Å². The molecule has 16 nitrogen and oxygen atoms in total. The zero-order valence-corrected chi connectivity index (χ0v) is 37.4. The van der Waals surface area contributed by atoms with Gasteiger partial charge in [0.05, 0.1) is 90.6 Å². The molecule has 0 fully saturated rings. The SMILES string of the molecule is CCc1ccnc(-c2cc(CC)cc(-c3cc(CC)cc(-c4cc(CC)ccn4)n3)n2)c1.O=C(O)c1ccnc(-c2cc(C(=O)O)cc(-c3cc(C(=O)O)cc(-c4cc(C(=O)O)ccn4)n3)n2)c1. The Morgan fingerprint density at radius 2 is 0.529 bits per heavy atom. The Kier molecular flexibility index (Phi) is 14.5. The number of pyridine rings is 8. The van der Waals surface area contributed by atoms with Gasteiger partial charge in [0.15, 0.2) is 0 Å². The number of aromatic carboxylic acids is 4. The average Bonchev–Trinajstić information content (AvgIpc) is 3.38. The summed E-state index contributed by atoms with van der Waals surface area (Å²) in [5.41, 5.74) is 9.80. The topological polar surface area (TPSA) is 252 Å². The molecule has 4 N–H and O–H groups in total. The van der Waals surface area contributed by atoms with Crippen molar-refractivity contribution in [2.45, 2.75) is 53.4 Å². The Bertz CT molecular complexity index is 3020. The molecule has 0 saturated carbocycles. The molecule has 0 aromatic carbocycles. The molecule has 16 heteroatoms. The van der Waals surface area contributed by atoms with Crippen LogP contribution in [0.3, 0.4) is 0 Å². The summed E-state index contributed by atoms with van der Waals surface area (Å²) in [6.07, 6.45) is 10.0. The molecule has 8 aromatic rings. The lowest BCUT2D eigenvalue weighted by atomic mass is 10.0. The van der Waals surface area contributed by atoms with Crippen molar-refractivity contribution < 1.29 is 39.6 Å². The number of carboxylic acids is 4. The first-order chi connectivity index (χ1) is 32.7. The van der Waals surface area contributed by atoms with Gasteiger partial charge in [-0.05, 0) is 145 Å². The lowest BCUT2D eigenvalue weighted by Crippen LogP contribution is -2.05. The second-order valence-electron chi connectivity index (χ2n) is 15.3. The highest BCUT2D eigenvalue weighted by molar-refractivity contribution is 5.94. The van der Waals surface area contributed by atoms with Crippen LogP contribution in [0.15, 0.2) is 122 Å². The van der Waals surface area contributed by atoms with Gasteiger partial charge >= 0.3 is 23.9 Å². The van der Waals surface area contributed by atoms with Gasteiger partial charge in [-0.25, -0.2) is 39.1 Å². The number of hydrogen-bond acceptors (Lipinski definition) is 12. The fraction of sp³-hybridized carbons (Fsp3) is 0.154. The first-order valence-corrected chi connectivity index (χ1v) is 21.6. The maximum Gasteiger partial charge on any atom is 0.335 e. The van der Waals surface area contributed by atoms with E-state index in [1.165, 1.54) is 83.2 Å². The zero-order valence-electron chi connectivity index (χ0n) is 37.4. The molecule has 0 unspecified atom stereocenters.